The van der Waals surface area contributed by atoms with Crippen molar-refractivity contribution in [2.75, 3.05) is 13.2 Å². The Morgan fingerprint density at radius 1 is 1.28 bits per heavy atom. The van der Waals surface area contributed by atoms with E-state index in [2.05, 4.69) is 44.9 Å². The monoisotopic (exact) mass is 460 g/mol. The first kappa shape index (κ1) is 21.3. The molecule has 1 heterocycles. The van der Waals surface area contributed by atoms with E-state index in [-0.39, 0.29) is 36.7 Å². The van der Waals surface area contributed by atoms with Gasteiger partial charge in [0.15, 0.2) is 11.8 Å². The number of aliphatic imine (C=N–C) groups is 1. The molecule has 0 bridgehead atoms. The maximum atomic E-state index is 12.4. The number of hydrogen-bond acceptors (Lipinski definition) is 3. The first-order valence-corrected chi connectivity index (χ1v) is 8.12. The van der Waals surface area contributed by atoms with Crippen LogP contribution in [0.2, 0.25) is 0 Å². The maximum Gasteiger partial charge on any atom is 0.192 e. The predicted molar refractivity (Wildman–Crippen MR) is 109 cm³/mol. The summed E-state index contributed by atoms with van der Waals surface area (Å²) < 4.78 is 14.3. The van der Waals surface area contributed by atoms with Gasteiger partial charge in [-0.1, -0.05) is 30.3 Å². The van der Waals surface area contributed by atoms with Crippen LogP contribution in [-0.2, 0) is 13.6 Å². The minimum Gasteiger partial charge on any atom is -0.356 e. The molecule has 0 saturated carbocycles. The predicted octanol–water partition coefficient (Wildman–Crippen LogP) is 2.90. The zero-order valence-electron chi connectivity index (χ0n) is 14.9. The normalized spacial score (nSPS) is 12.4. The second-order valence-electron chi connectivity index (χ2n) is 5.63. The number of hydrogen-bond donors (Lipinski definition) is 2. The largest absolute Gasteiger partial charge is 0.356 e. The van der Waals surface area contributed by atoms with Gasteiger partial charge in [-0.3, -0.25) is 4.39 Å². The zero-order valence-corrected chi connectivity index (χ0v) is 17.2. The highest BCUT2D eigenvalue weighted by Gasteiger charge is 2.09. The van der Waals surface area contributed by atoms with Crippen LogP contribution in [-0.4, -0.2) is 33.9 Å². The molecule has 0 saturated heterocycles. The molecule has 0 radical (unpaired) electrons. The van der Waals surface area contributed by atoms with E-state index in [0.29, 0.717) is 25.5 Å². The van der Waals surface area contributed by atoms with Crippen LogP contribution in [0.4, 0.5) is 4.39 Å². The summed E-state index contributed by atoms with van der Waals surface area (Å²) in [5.74, 6) is 2.27. The molecule has 6 nitrogen and oxygen atoms in total. The molecule has 2 rings (SSSR count). The van der Waals surface area contributed by atoms with Crippen LogP contribution in [0, 0.1) is 6.92 Å². The number of alkyl halides is 1. The Bertz CT molecular complexity index is 658. The summed E-state index contributed by atoms with van der Waals surface area (Å²) in [6, 6.07) is 10.2. The van der Waals surface area contributed by atoms with Crippen molar-refractivity contribution in [1.82, 2.24) is 25.4 Å². The summed E-state index contributed by atoms with van der Waals surface area (Å²) in [6.45, 7) is 4.55. The molecule has 0 aliphatic heterocycles. The molecule has 0 amide bonds. The number of aryl methyl sites for hydroxylation is 1. The van der Waals surface area contributed by atoms with E-state index in [4.69, 9.17) is 0 Å². The lowest BCUT2D eigenvalue weighted by Crippen LogP contribution is -2.39. The van der Waals surface area contributed by atoms with Gasteiger partial charge in [0, 0.05) is 13.6 Å². The number of benzene rings is 1. The van der Waals surface area contributed by atoms with Crippen LogP contribution >= 0.6 is 24.0 Å². The Hall–Kier alpha value is -1.71. The average Bonchev–Trinajstić information content (AvgIpc) is 2.92. The van der Waals surface area contributed by atoms with E-state index in [1.807, 2.05) is 36.7 Å². The molecule has 1 aromatic carbocycles. The van der Waals surface area contributed by atoms with E-state index < -0.39 is 0 Å². The van der Waals surface area contributed by atoms with Crippen LogP contribution in [0.3, 0.4) is 0 Å². The van der Waals surface area contributed by atoms with Gasteiger partial charge in [-0.15, -0.1) is 34.2 Å². The first-order chi connectivity index (χ1) is 11.6. The summed E-state index contributed by atoms with van der Waals surface area (Å²) >= 11 is 0. The van der Waals surface area contributed by atoms with Crippen LogP contribution < -0.4 is 10.6 Å². The van der Waals surface area contributed by atoms with E-state index in [0.717, 1.165) is 17.2 Å². The van der Waals surface area contributed by atoms with Crippen molar-refractivity contribution in [3.63, 3.8) is 0 Å². The molecule has 1 atom stereocenters. The minimum absolute atomic E-state index is 0. The zero-order chi connectivity index (χ0) is 17.4. The van der Waals surface area contributed by atoms with Gasteiger partial charge in [-0.25, -0.2) is 4.99 Å². The Morgan fingerprint density at radius 2 is 2.00 bits per heavy atom. The van der Waals surface area contributed by atoms with Crippen LogP contribution in [0.1, 0.15) is 36.6 Å². The Kier molecular flexibility index (Phi) is 9.40. The standard InChI is InChI=1S/C17H25FN6.HI/c1-13(15-8-5-4-6-9-15)21-17(19-11-7-10-18)20-12-16-23-22-14(2)24(16)3;/h4-6,8-9,13H,7,10-12H2,1-3H3,(H2,19,20,21);1H. The van der Waals surface area contributed by atoms with Crippen molar-refractivity contribution in [2.45, 2.75) is 32.9 Å². The average molecular weight is 460 g/mol. The number of nitrogens with zero attached hydrogens (tertiary/aromatic N) is 4. The highest BCUT2D eigenvalue weighted by molar-refractivity contribution is 14.0. The van der Waals surface area contributed by atoms with E-state index in [1.54, 1.807) is 0 Å². The molecule has 2 N–H and O–H groups in total. The van der Waals surface area contributed by atoms with Crippen molar-refractivity contribution < 1.29 is 4.39 Å². The Balaban J connectivity index is 0.00000312. The fourth-order valence-corrected chi connectivity index (χ4v) is 2.19. The Morgan fingerprint density at radius 3 is 2.60 bits per heavy atom. The number of halogens is 2. The molecule has 2 aromatic rings. The van der Waals surface area contributed by atoms with Crippen molar-refractivity contribution >= 4 is 29.9 Å². The molecule has 0 aliphatic carbocycles. The van der Waals surface area contributed by atoms with Gasteiger partial charge in [0.1, 0.15) is 12.4 Å². The lowest BCUT2D eigenvalue weighted by molar-refractivity contribution is 0.470. The highest BCUT2D eigenvalue weighted by atomic mass is 127. The molecule has 25 heavy (non-hydrogen) atoms. The van der Waals surface area contributed by atoms with Crippen molar-refractivity contribution in [3.05, 3.63) is 47.5 Å². The molecule has 0 fully saturated rings. The molecular formula is C17H26FIN6. The van der Waals surface area contributed by atoms with Gasteiger partial charge in [0.05, 0.1) is 12.7 Å². The topological polar surface area (TPSA) is 67.1 Å². The van der Waals surface area contributed by atoms with Crippen molar-refractivity contribution in [1.29, 1.82) is 0 Å². The highest BCUT2D eigenvalue weighted by Crippen LogP contribution is 2.11. The molecule has 1 aromatic heterocycles. The lowest BCUT2D eigenvalue weighted by Gasteiger charge is -2.18. The quantitative estimate of drug-likeness (QED) is 0.289. The van der Waals surface area contributed by atoms with Gasteiger partial charge in [-0.2, -0.15) is 0 Å². The summed E-state index contributed by atoms with van der Waals surface area (Å²) in [5.41, 5.74) is 1.16. The number of nitrogens with one attached hydrogen (secondary N) is 2. The lowest BCUT2D eigenvalue weighted by atomic mass is 10.1. The van der Waals surface area contributed by atoms with Gasteiger partial charge in [0.25, 0.3) is 0 Å². The Labute approximate surface area is 165 Å². The molecule has 0 aliphatic rings. The minimum atomic E-state index is -0.350. The van der Waals surface area contributed by atoms with E-state index in [9.17, 15) is 4.39 Å². The second-order valence-corrected chi connectivity index (χ2v) is 5.63. The molecule has 1 unspecified atom stereocenters. The number of aromatic nitrogens is 3. The van der Waals surface area contributed by atoms with Crippen LogP contribution in [0.15, 0.2) is 35.3 Å². The van der Waals surface area contributed by atoms with Gasteiger partial charge >= 0.3 is 0 Å². The van der Waals surface area contributed by atoms with E-state index >= 15 is 0 Å². The number of rotatable bonds is 7. The van der Waals surface area contributed by atoms with Crippen molar-refractivity contribution in [2.24, 2.45) is 12.0 Å². The fraction of sp³-hybridized carbons (Fsp3) is 0.471. The van der Waals surface area contributed by atoms with Crippen LogP contribution in [0.5, 0.6) is 0 Å². The van der Waals surface area contributed by atoms with Gasteiger partial charge in [-0.05, 0) is 25.8 Å². The van der Waals surface area contributed by atoms with Crippen molar-refractivity contribution in [3.8, 4) is 0 Å². The smallest absolute Gasteiger partial charge is 0.192 e. The third kappa shape index (κ3) is 6.60. The van der Waals surface area contributed by atoms with Gasteiger partial charge in [0.2, 0.25) is 0 Å². The molecular weight excluding hydrogens is 434 g/mol. The third-order valence-corrected chi connectivity index (χ3v) is 3.82. The van der Waals surface area contributed by atoms with Gasteiger partial charge < -0.3 is 15.2 Å². The SMILES string of the molecule is Cc1nnc(CN=C(NCCCF)NC(C)c2ccccc2)n1C.I. The summed E-state index contributed by atoms with van der Waals surface area (Å²) in [4.78, 5) is 4.55. The van der Waals surface area contributed by atoms with E-state index in [1.165, 1.54) is 0 Å². The van der Waals surface area contributed by atoms with Crippen LogP contribution in [0.25, 0.3) is 0 Å². The summed E-state index contributed by atoms with van der Waals surface area (Å²) in [5, 5.41) is 14.6. The fourth-order valence-electron chi connectivity index (χ4n) is 2.19. The first-order valence-electron chi connectivity index (χ1n) is 8.12. The summed E-state index contributed by atoms with van der Waals surface area (Å²) in [6.07, 6.45) is 0.448. The molecule has 0 spiro atoms. The second kappa shape index (κ2) is 11.0. The third-order valence-electron chi connectivity index (χ3n) is 3.82. The summed E-state index contributed by atoms with van der Waals surface area (Å²) in [7, 11) is 1.91. The number of guanidine groups is 1. The molecule has 138 valence electrons. The molecule has 8 heteroatoms. The maximum absolute atomic E-state index is 12.4.